The molecule has 1 saturated heterocycles. The molecule has 1 aliphatic heterocycles. The van der Waals surface area contributed by atoms with Gasteiger partial charge in [-0.15, -0.1) is 0 Å². The largest absolute Gasteiger partial charge is 0.346 e. The highest BCUT2D eigenvalue weighted by atomic mass is 32.2. The number of carbonyl (C=O) groups is 1. The zero-order valence-corrected chi connectivity index (χ0v) is 14.2. The van der Waals surface area contributed by atoms with Crippen molar-refractivity contribution in [3.63, 3.8) is 0 Å². The molecule has 0 radical (unpaired) electrons. The minimum absolute atomic E-state index is 0.00567. The topological polar surface area (TPSA) is 100 Å². The van der Waals surface area contributed by atoms with Crippen molar-refractivity contribution >= 4 is 15.7 Å². The number of nitrogens with one attached hydrogen (secondary N) is 1. The van der Waals surface area contributed by atoms with Crippen molar-refractivity contribution in [1.82, 2.24) is 14.9 Å². The van der Waals surface area contributed by atoms with Gasteiger partial charge in [-0.1, -0.05) is 0 Å². The van der Waals surface area contributed by atoms with Crippen LogP contribution in [0.2, 0.25) is 0 Å². The summed E-state index contributed by atoms with van der Waals surface area (Å²) < 4.78 is 36.2. The van der Waals surface area contributed by atoms with Crippen LogP contribution in [0.25, 0.3) is 11.3 Å². The highest BCUT2D eigenvalue weighted by Gasteiger charge is 2.33. The summed E-state index contributed by atoms with van der Waals surface area (Å²) >= 11 is 0. The van der Waals surface area contributed by atoms with Crippen LogP contribution in [0.3, 0.4) is 0 Å². The average molecular weight is 365 g/mol. The van der Waals surface area contributed by atoms with Crippen LogP contribution in [0, 0.1) is 5.82 Å². The Bertz CT molecular complexity index is 970. The highest BCUT2D eigenvalue weighted by Crippen LogP contribution is 2.20. The Kier molecular flexibility index (Phi) is 4.42. The maximum Gasteiger partial charge on any atom is 0.346 e. The maximum atomic E-state index is 13.0. The number of hydrogen-bond acceptors (Lipinski definition) is 5. The number of aromatic nitrogens is 2. The average Bonchev–Trinajstić information content (AvgIpc) is 2.93. The summed E-state index contributed by atoms with van der Waals surface area (Å²) in [5.41, 5.74) is 0.0240. The minimum Gasteiger partial charge on any atom is -0.336 e. The number of sulfone groups is 1. The molecular weight excluding hydrogens is 349 g/mol. The van der Waals surface area contributed by atoms with Crippen LogP contribution in [0.15, 0.2) is 35.1 Å². The summed E-state index contributed by atoms with van der Waals surface area (Å²) in [5, 5.41) is 0. The minimum atomic E-state index is -3.13. The molecule has 2 aromatic rings. The van der Waals surface area contributed by atoms with E-state index in [2.05, 4.69) is 9.97 Å². The standard InChI is InChI=1S/C16H16FN3O4S/c1-20(12-6-7-25(23,24)9-12)15(21)14-8-13(18-16(22)19-14)10-2-4-11(17)5-3-10/h2-5,8,12H,6-7,9H2,1H3,(H,18,19,22). The highest BCUT2D eigenvalue weighted by molar-refractivity contribution is 7.91. The van der Waals surface area contributed by atoms with E-state index < -0.39 is 33.3 Å². The van der Waals surface area contributed by atoms with E-state index in [4.69, 9.17) is 0 Å². The first-order chi connectivity index (χ1) is 11.7. The predicted octanol–water partition coefficient (Wildman–Crippen LogP) is 0.835. The number of rotatable bonds is 3. The number of amides is 1. The number of carbonyl (C=O) groups excluding carboxylic acids is 1. The summed E-state index contributed by atoms with van der Waals surface area (Å²) in [6.45, 7) is 0. The zero-order valence-electron chi connectivity index (χ0n) is 13.4. The molecule has 1 aromatic carbocycles. The molecule has 9 heteroatoms. The van der Waals surface area contributed by atoms with Crippen LogP contribution in [0.5, 0.6) is 0 Å². The Hall–Kier alpha value is -2.55. The van der Waals surface area contributed by atoms with Gasteiger partial charge in [0.2, 0.25) is 0 Å². The number of hydrogen-bond donors (Lipinski definition) is 1. The van der Waals surface area contributed by atoms with Gasteiger partial charge < -0.3 is 9.88 Å². The summed E-state index contributed by atoms with van der Waals surface area (Å²) in [6.07, 6.45) is 0.366. The van der Waals surface area contributed by atoms with Gasteiger partial charge in [0.1, 0.15) is 11.5 Å². The van der Waals surface area contributed by atoms with Gasteiger partial charge in [-0.05, 0) is 36.8 Å². The lowest BCUT2D eigenvalue weighted by Gasteiger charge is -2.23. The molecule has 1 unspecified atom stereocenters. The SMILES string of the molecule is CN(C(=O)c1cc(-c2ccc(F)cc2)nc(=O)[nH]1)C1CCS(=O)(=O)C1. The molecule has 1 atom stereocenters. The number of benzene rings is 1. The normalized spacial score (nSPS) is 18.9. The molecule has 132 valence electrons. The number of nitrogens with zero attached hydrogens (tertiary/aromatic N) is 2. The summed E-state index contributed by atoms with van der Waals surface area (Å²) in [6, 6.07) is 6.35. The van der Waals surface area contributed by atoms with Crippen LogP contribution in [-0.2, 0) is 9.84 Å². The zero-order chi connectivity index (χ0) is 18.2. The van der Waals surface area contributed by atoms with Gasteiger partial charge in [0.15, 0.2) is 9.84 Å². The van der Waals surface area contributed by atoms with Crippen LogP contribution in [-0.4, -0.2) is 53.8 Å². The van der Waals surface area contributed by atoms with Crippen molar-refractivity contribution in [3.8, 4) is 11.3 Å². The molecular formula is C16H16FN3O4S. The van der Waals surface area contributed by atoms with Crippen LogP contribution >= 0.6 is 0 Å². The van der Waals surface area contributed by atoms with Crippen molar-refractivity contribution in [3.05, 3.63) is 52.3 Å². The fourth-order valence-electron chi connectivity index (χ4n) is 2.78. The smallest absolute Gasteiger partial charge is 0.336 e. The molecule has 0 aliphatic carbocycles. The lowest BCUT2D eigenvalue weighted by Crippen LogP contribution is -2.39. The molecule has 2 heterocycles. The Morgan fingerprint density at radius 2 is 2.00 bits per heavy atom. The first-order valence-electron chi connectivity index (χ1n) is 7.60. The van der Waals surface area contributed by atoms with Crippen LogP contribution in [0.1, 0.15) is 16.9 Å². The predicted molar refractivity (Wildman–Crippen MR) is 89.4 cm³/mol. The Morgan fingerprint density at radius 1 is 1.32 bits per heavy atom. The Morgan fingerprint density at radius 3 is 2.60 bits per heavy atom. The van der Waals surface area contributed by atoms with Gasteiger partial charge in [0.25, 0.3) is 5.91 Å². The first-order valence-corrected chi connectivity index (χ1v) is 9.42. The van der Waals surface area contributed by atoms with Gasteiger partial charge >= 0.3 is 5.69 Å². The first kappa shape index (κ1) is 17.3. The van der Waals surface area contributed by atoms with Crippen LogP contribution < -0.4 is 5.69 Å². The molecule has 1 fully saturated rings. The molecule has 7 nitrogen and oxygen atoms in total. The van der Waals surface area contributed by atoms with E-state index >= 15 is 0 Å². The third-order valence-electron chi connectivity index (χ3n) is 4.19. The van der Waals surface area contributed by atoms with Crippen molar-refractivity contribution in [2.24, 2.45) is 0 Å². The second kappa shape index (κ2) is 6.40. The van der Waals surface area contributed by atoms with E-state index in [0.29, 0.717) is 12.0 Å². The van der Waals surface area contributed by atoms with Gasteiger partial charge in [-0.25, -0.2) is 17.6 Å². The lowest BCUT2D eigenvalue weighted by atomic mass is 10.1. The molecule has 3 rings (SSSR count). The van der Waals surface area contributed by atoms with Crippen molar-refractivity contribution < 1.29 is 17.6 Å². The molecule has 1 aromatic heterocycles. The van der Waals surface area contributed by atoms with E-state index in [1.807, 2.05) is 0 Å². The Balaban J connectivity index is 1.90. The van der Waals surface area contributed by atoms with Gasteiger partial charge in [-0.2, -0.15) is 4.98 Å². The molecule has 0 saturated carbocycles. The summed E-state index contributed by atoms with van der Waals surface area (Å²) in [7, 11) is -1.63. The summed E-state index contributed by atoms with van der Waals surface area (Å²) in [4.78, 5) is 31.9. The van der Waals surface area contributed by atoms with Crippen molar-refractivity contribution in [2.45, 2.75) is 12.5 Å². The molecule has 1 amide bonds. The van der Waals surface area contributed by atoms with E-state index in [9.17, 15) is 22.4 Å². The fourth-order valence-corrected chi connectivity index (χ4v) is 4.55. The quantitative estimate of drug-likeness (QED) is 0.869. The molecule has 0 bridgehead atoms. The van der Waals surface area contributed by atoms with E-state index in [0.717, 1.165) is 0 Å². The van der Waals surface area contributed by atoms with Crippen LogP contribution in [0.4, 0.5) is 4.39 Å². The lowest BCUT2D eigenvalue weighted by molar-refractivity contribution is 0.0741. The van der Waals surface area contributed by atoms with Gasteiger partial charge in [0, 0.05) is 18.7 Å². The molecule has 1 N–H and O–H groups in total. The molecule has 1 aliphatic rings. The third kappa shape index (κ3) is 3.76. The molecule has 0 spiro atoms. The van der Waals surface area contributed by atoms with Gasteiger partial charge in [-0.3, -0.25) is 4.79 Å². The van der Waals surface area contributed by atoms with E-state index in [1.54, 1.807) is 0 Å². The maximum absolute atomic E-state index is 13.0. The van der Waals surface area contributed by atoms with Crippen molar-refractivity contribution in [2.75, 3.05) is 18.6 Å². The number of aromatic amines is 1. The van der Waals surface area contributed by atoms with E-state index in [-0.39, 0.29) is 22.9 Å². The Labute approximate surface area is 143 Å². The fraction of sp³-hybridized carbons (Fsp3) is 0.312. The monoisotopic (exact) mass is 365 g/mol. The second-order valence-corrected chi connectivity index (χ2v) is 8.19. The second-order valence-electron chi connectivity index (χ2n) is 5.97. The molecule has 25 heavy (non-hydrogen) atoms. The number of H-pyrrole nitrogens is 1. The number of halogens is 1. The van der Waals surface area contributed by atoms with Gasteiger partial charge in [0.05, 0.1) is 17.2 Å². The summed E-state index contributed by atoms with van der Waals surface area (Å²) in [5.74, 6) is -0.963. The third-order valence-corrected chi connectivity index (χ3v) is 5.94. The van der Waals surface area contributed by atoms with Crippen molar-refractivity contribution in [1.29, 1.82) is 0 Å². The van der Waals surface area contributed by atoms with E-state index in [1.165, 1.54) is 42.3 Å².